The largest absolute Gasteiger partial charge is 0.466 e. The van der Waals surface area contributed by atoms with Crippen LogP contribution in [0.4, 0.5) is 5.69 Å². The summed E-state index contributed by atoms with van der Waals surface area (Å²) in [6.45, 7) is 0. The topological polar surface area (TPSA) is 145 Å². The number of aromatic nitrogens is 1. The van der Waals surface area contributed by atoms with E-state index < -0.39 is 23.8 Å². The van der Waals surface area contributed by atoms with E-state index in [1.807, 2.05) is 0 Å². The molecule has 0 amide bonds. The number of pyridine rings is 1. The van der Waals surface area contributed by atoms with Crippen LogP contribution in [0.5, 0.6) is 0 Å². The molecular weight excluding hydrogens is 532 g/mol. The molecule has 0 aliphatic carbocycles. The van der Waals surface area contributed by atoms with Gasteiger partial charge in [-0.1, -0.05) is 48.2 Å². The number of hydrogen-bond donors (Lipinski definition) is 1. The third-order valence-corrected chi connectivity index (χ3v) is 6.99. The molecule has 2 heterocycles. The second-order valence-corrected chi connectivity index (χ2v) is 9.40. The number of anilines is 1. The van der Waals surface area contributed by atoms with Gasteiger partial charge in [-0.15, -0.1) is 0 Å². The molecule has 0 bridgehead atoms. The average Bonchev–Trinajstić information content (AvgIpc) is 2.99. The van der Waals surface area contributed by atoms with Gasteiger partial charge in [-0.05, 0) is 35.9 Å². The van der Waals surface area contributed by atoms with Crippen molar-refractivity contribution in [3.63, 3.8) is 0 Å². The highest BCUT2D eigenvalue weighted by Crippen LogP contribution is 2.43. The summed E-state index contributed by atoms with van der Waals surface area (Å²) < 4.78 is 14.9. The van der Waals surface area contributed by atoms with Crippen LogP contribution in [0, 0.1) is 11.3 Å². The van der Waals surface area contributed by atoms with Crippen LogP contribution < -0.4 is 10.6 Å². The van der Waals surface area contributed by atoms with Crippen molar-refractivity contribution in [2.24, 2.45) is 5.73 Å². The van der Waals surface area contributed by atoms with Crippen LogP contribution in [-0.2, 0) is 23.8 Å². The molecule has 11 heteroatoms. The van der Waals surface area contributed by atoms with Crippen molar-refractivity contribution >= 4 is 35.4 Å². The highest BCUT2D eigenvalue weighted by molar-refractivity contribution is 7.99. The molecule has 1 aliphatic heterocycles. The monoisotopic (exact) mass is 556 g/mol. The summed E-state index contributed by atoms with van der Waals surface area (Å²) in [4.78, 5) is 44.7. The lowest BCUT2D eigenvalue weighted by atomic mass is 9.81. The van der Waals surface area contributed by atoms with E-state index in [4.69, 9.17) is 19.9 Å². The maximum absolute atomic E-state index is 13.3. The first kappa shape index (κ1) is 27.9. The second kappa shape index (κ2) is 12.2. The molecule has 2 N–H and O–H groups in total. The minimum Gasteiger partial charge on any atom is -0.466 e. The Bertz CT molecular complexity index is 1580. The first-order chi connectivity index (χ1) is 19.3. The predicted molar refractivity (Wildman–Crippen MR) is 146 cm³/mol. The Kier molecular flexibility index (Phi) is 8.51. The number of hydrogen-bond acceptors (Lipinski definition) is 11. The molecule has 202 valence electrons. The first-order valence-corrected chi connectivity index (χ1v) is 12.6. The number of nitrogens with zero attached hydrogens (tertiary/aromatic N) is 3. The normalized spacial score (nSPS) is 14.8. The lowest BCUT2D eigenvalue weighted by Crippen LogP contribution is -2.40. The average molecular weight is 557 g/mol. The molecule has 0 saturated carbocycles. The lowest BCUT2D eigenvalue weighted by Gasteiger charge is -2.36. The van der Waals surface area contributed by atoms with E-state index in [9.17, 15) is 19.6 Å². The fourth-order valence-electron chi connectivity index (χ4n) is 4.30. The second-order valence-electron chi connectivity index (χ2n) is 8.31. The van der Waals surface area contributed by atoms with Crippen LogP contribution in [0.3, 0.4) is 0 Å². The summed E-state index contributed by atoms with van der Waals surface area (Å²) in [6, 6.07) is 20.9. The van der Waals surface area contributed by atoms with Crippen LogP contribution in [-0.4, -0.2) is 44.2 Å². The van der Waals surface area contributed by atoms with Gasteiger partial charge in [0.05, 0.1) is 50.0 Å². The fourth-order valence-corrected chi connectivity index (χ4v) is 5.17. The third-order valence-electron chi connectivity index (χ3n) is 6.06. The minimum atomic E-state index is -0.966. The van der Waals surface area contributed by atoms with Crippen molar-refractivity contribution in [3.8, 4) is 6.07 Å². The fraction of sp³-hybridized carbons (Fsp3) is 0.138. The van der Waals surface area contributed by atoms with E-state index in [2.05, 4.69) is 11.1 Å². The number of allylic oxidation sites excluding steroid dienone is 1. The Balaban J connectivity index is 1.88. The third kappa shape index (κ3) is 5.39. The number of methoxy groups -OCH3 is 3. The summed E-state index contributed by atoms with van der Waals surface area (Å²) in [7, 11) is 3.67. The smallest absolute Gasteiger partial charge is 0.355 e. The summed E-state index contributed by atoms with van der Waals surface area (Å²) >= 11 is 1.25. The van der Waals surface area contributed by atoms with Gasteiger partial charge in [0.15, 0.2) is 0 Å². The molecule has 1 aromatic heterocycles. The van der Waals surface area contributed by atoms with Gasteiger partial charge in [-0.2, -0.15) is 5.26 Å². The Morgan fingerprint density at radius 1 is 0.925 bits per heavy atom. The van der Waals surface area contributed by atoms with E-state index >= 15 is 0 Å². The van der Waals surface area contributed by atoms with Gasteiger partial charge < -0.3 is 19.9 Å². The SMILES string of the molecule is COC(=O)C1=C(C(=O)OC)N(c2cccc(Sc3cc(C(=O)OC)ccn3)c2)C(N)=C(C#N)C1c1ccccc1. The van der Waals surface area contributed by atoms with Crippen molar-refractivity contribution in [3.05, 3.63) is 107 Å². The van der Waals surface area contributed by atoms with E-state index in [1.54, 1.807) is 66.7 Å². The molecule has 2 aromatic carbocycles. The summed E-state index contributed by atoms with van der Waals surface area (Å²) in [5.74, 6) is -3.16. The van der Waals surface area contributed by atoms with Gasteiger partial charge in [-0.3, -0.25) is 4.90 Å². The predicted octanol–water partition coefficient (Wildman–Crippen LogP) is 3.92. The van der Waals surface area contributed by atoms with Gasteiger partial charge in [0, 0.05) is 16.8 Å². The Labute approximate surface area is 234 Å². The molecule has 10 nitrogen and oxygen atoms in total. The molecule has 4 rings (SSSR count). The van der Waals surface area contributed by atoms with Crippen LogP contribution in [0.1, 0.15) is 21.8 Å². The number of benzene rings is 2. The van der Waals surface area contributed by atoms with Gasteiger partial charge in [0.1, 0.15) is 16.5 Å². The zero-order valence-electron chi connectivity index (χ0n) is 21.8. The molecule has 0 saturated heterocycles. The van der Waals surface area contributed by atoms with Crippen molar-refractivity contribution in [1.82, 2.24) is 4.98 Å². The number of nitriles is 1. The number of ether oxygens (including phenoxy) is 3. The highest BCUT2D eigenvalue weighted by atomic mass is 32.2. The maximum Gasteiger partial charge on any atom is 0.355 e. The van der Waals surface area contributed by atoms with Gasteiger partial charge in [-0.25, -0.2) is 19.4 Å². The molecule has 1 unspecified atom stereocenters. The van der Waals surface area contributed by atoms with E-state index in [1.165, 1.54) is 44.2 Å². The number of rotatable bonds is 7. The quantitative estimate of drug-likeness (QED) is 0.334. The van der Waals surface area contributed by atoms with Crippen molar-refractivity contribution < 1.29 is 28.6 Å². The van der Waals surface area contributed by atoms with Crippen LogP contribution in [0.2, 0.25) is 0 Å². The maximum atomic E-state index is 13.3. The summed E-state index contributed by atoms with van der Waals surface area (Å²) in [6.07, 6.45) is 1.49. The van der Waals surface area contributed by atoms with Gasteiger partial charge in [0.25, 0.3) is 0 Å². The van der Waals surface area contributed by atoms with Gasteiger partial charge in [0.2, 0.25) is 0 Å². The summed E-state index contributed by atoms with van der Waals surface area (Å²) in [5, 5.41) is 10.7. The van der Waals surface area contributed by atoms with Crippen molar-refractivity contribution in [2.45, 2.75) is 15.8 Å². The van der Waals surface area contributed by atoms with E-state index in [0.29, 0.717) is 26.7 Å². The molecule has 0 spiro atoms. The molecule has 0 radical (unpaired) electrons. The molecule has 1 aliphatic rings. The van der Waals surface area contributed by atoms with Crippen LogP contribution in [0.15, 0.2) is 106 Å². The van der Waals surface area contributed by atoms with Crippen LogP contribution >= 0.6 is 11.8 Å². The van der Waals surface area contributed by atoms with Crippen LogP contribution in [0.25, 0.3) is 0 Å². The number of esters is 3. The minimum absolute atomic E-state index is 0.0441. The van der Waals surface area contributed by atoms with E-state index in [0.717, 1.165) is 0 Å². The van der Waals surface area contributed by atoms with E-state index in [-0.39, 0.29) is 22.7 Å². The zero-order valence-corrected chi connectivity index (χ0v) is 22.6. The Morgan fingerprint density at radius 3 is 2.27 bits per heavy atom. The van der Waals surface area contributed by atoms with Gasteiger partial charge >= 0.3 is 17.9 Å². The van der Waals surface area contributed by atoms with Crippen molar-refractivity contribution in [2.75, 3.05) is 26.2 Å². The number of nitrogens with two attached hydrogens (primary N) is 1. The standard InChI is InChI=1S/C29H24N4O6S/c1-37-27(34)18-12-13-32-22(14-18)40-20-11-7-10-19(15-20)33-25(29(36)39-3)24(28(35)38-2)23(21(16-30)26(33)31)17-8-5-4-6-9-17/h4-15,23H,31H2,1-3H3. The number of carbonyl (C=O) groups excluding carboxylic acids is 3. The molecular formula is C29H24N4O6S. The first-order valence-electron chi connectivity index (χ1n) is 11.8. The summed E-state index contributed by atoms with van der Waals surface area (Å²) in [5.41, 5.74) is 7.66. The Morgan fingerprint density at radius 2 is 1.62 bits per heavy atom. The molecule has 1 atom stereocenters. The Hall–Kier alpha value is -5.08. The molecule has 0 fully saturated rings. The number of carbonyl (C=O) groups is 3. The lowest BCUT2D eigenvalue weighted by molar-refractivity contribution is -0.139. The van der Waals surface area contributed by atoms with Crippen molar-refractivity contribution in [1.29, 1.82) is 5.26 Å². The highest BCUT2D eigenvalue weighted by Gasteiger charge is 2.43. The zero-order chi connectivity index (χ0) is 28.8. The molecule has 3 aromatic rings. The molecule has 40 heavy (non-hydrogen) atoms.